The Balaban J connectivity index is 0. The first-order valence-corrected chi connectivity index (χ1v) is 6.34. The van der Waals surface area contributed by atoms with E-state index >= 15 is 0 Å². The van der Waals surface area contributed by atoms with Crippen LogP contribution in [0, 0.1) is 0 Å². The number of rotatable bonds is 11. The molecular formula is C13H28NNa. The Bertz CT molecular complexity index is 115. The van der Waals surface area contributed by atoms with Gasteiger partial charge < -0.3 is 4.99 Å². The normalized spacial score (nSPS) is 9.67. The van der Waals surface area contributed by atoms with Gasteiger partial charge in [-0.1, -0.05) is 64.7 Å². The summed E-state index contributed by atoms with van der Waals surface area (Å²) in [6.45, 7) is 6.71. The molecule has 2 heteroatoms. The molecule has 0 aliphatic carbocycles. The van der Waals surface area contributed by atoms with Gasteiger partial charge in [0.15, 0.2) is 0 Å². The molecule has 0 aromatic heterocycles. The van der Waals surface area contributed by atoms with Crippen molar-refractivity contribution in [3.05, 3.63) is 0 Å². The van der Waals surface area contributed by atoms with Crippen molar-refractivity contribution < 1.29 is 0 Å². The first kappa shape index (κ1) is 18.0. The molecule has 0 amide bonds. The topological polar surface area (TPSA) is 12.4 Å². The predicted octanol–water partition coefficient (Wildman–Crippen LogP) is 3.96. The predicted molar refractivity (Wildman–Crippen MR) is 73.4 cm³/mol. The van der Waals surface area contributed by atoms with Crippen LogP contribution in [0.4, 0.5) is 0 Å². The van der Waals surface area contributed by atoms with Crippen molar-refractivity contribution >= 4 is 36.3 Å². The first-order chi connectivity index (χ1) is 6.91. The third-order valence-corrected chi connectivity index (χ3v) is 2.67. The number of nitrogens with zero attached hydrogens (tertiary/aromatic N) is 1. The summed E-state index contributed by atoms with van der Waals surface area (Å²) in [5.74, 6) is 0. The molecule has 0 heterocycles. The Morgan fingerprint density at radius 3 is 1.53 bits per heavy atom. The Morgan fingerprint density at radius 2 is 1.13 bits per heavy atom. The maximum atomic E-state index is 3.85. The molecule has 0 aromatic carbocycles. The minimum atomic E-state index is 0. The summed E-state index contributed by atoms with van der Waals surface area (Å²) >= 11 is 0. The average molecular weight is 221 g/mol. The maximum absolute atomic E-state index is 3.85. The van der Waals surface area contributed by atoms with Gasteiger partial charge in [-0.25, -0.2) is 0 Å². The van der Waals surface area contributed by atoms with Crippen molar-refractivity contribution in [2.75, 3.05) is 6.54 Å². The van der Waals surface area contributed by atoms with E-state index in [4.69, 9.17) is 0 Å². The molecule has 0 fully saturated rings. The molecule has 0 radical (unpaired) electrons. The molecule has 0 unspecified atom stereocenters. The van der Waals surface area contributed by atoms with Crippen molar-refractivity contribution in [1.29, 1.82) is 0 Å². The Labute approximate surface area is 118 Å². The summed E-state index contributed by atoms with van der Waals surface area (Å²) in [6, 6.07) is 0. The molecule has 0 atom stereocenters. The van der Waals surface area contributed by atoms with Crippen molar-refractivity contribution in [3.8, 4) is 0 Å². The molecule has 86 valence electrons. The summed E-state index contributed by atoms with van der Waals surface area (Å²) in [5, 5.41) is 0. The van der Waals surface area contributed by atoms with Gasteiger partial charge in [0.2, 0.25) is 0 Å². The number of hydrogen-bond donors (Lipinski definition) is 0. The minimum absolute atomic E-state index is 0. The van der Waals surface area contributed by atoms with Crippen LogP contribution in [0.2, 0.25) is 0 Å². The Hall–Kier alpha value is 0.670. The molecule has 0 aliphatic rings. The Kier molecular flexibility index (Phi) is 20.5. The van der Waals surface area contributed by atoms with Crippen LogP contribution in [0.15, 0.2) is 4.99 Å². The molecule has 0 saturated heterocycles. The van der Waals surface area contributed by atoms with Crippen LogP contribution in [-0.4, -0.2) is 42.8 Å². The van der Waals surface area contributed by atoms with Crippen LogP contribution in [0.25, 0.3) is 0 Å². The monoisotopic (exact) mass is 221 g/mol. The fourth-order valence-electron chi connectivity index (χ4n) is 1.71. The van der Waals surface area contributed by atoms with Crippen LogP contribution >= 0.6 is 0 Å². The van der Waals surface area contributed by atoms with E-state index in [1.54, 1.807) is 0 Å². The van der Waals surface area contributed by atoms with Gasteiger partial charge in [-0.2, -0.15) is 0 Å². The van der Waals surface area contributed by atoms with Crippen molar-refractivity contribution in [2.24, 2.45) is 4.99 Å². The van der Waals surface area contributed by atoms with E-state index < -0.39 is 0 Å². The van der Waals surface area contributed by atoms with Gasteiger partial charge in [-0.05, 0) is 13.1 Å². The van der Waals surface area contributed by atoms with Crippen molar-refractivity contribution in [2.45, 2.75) is 71.1 Å². The fraction of sp³-hybridized carbons (Fsp3) is 0.923. The van der Waals surface area contributed by atoms with E-state index in [0.29, 0.717) is 0 Å². The van der Waals surface area contributed by atoms with E-state index in [0.717, 1.165) is 6.54 Å². The van der Waals surface area contributed by atoms with Gasteiger partial charge in [0.25, 0.3) is 0 Å². The molecule has 0 saturated carbocycles. The first-order valence-electron chi connectivity index (χ1n) is 6.34. The van der Waals surface area contributed by atoms with Gasteiger partial charge >= 0.3 is 29.6 Å². The average Bonchev–Trinajstić information content (AvgIpc) is 2.21. The second-order valence-corrected chi connectivity index (χ2v) is 4.13. The molecule has 1 nitrogen and oxygen atoms in total. The third-order valence-electron chi connectivity index (χ3n) is 2.67. The summed E-state index contributed by atoms with van der Waals surface area (Å²) in [7, 11) is 0. The summed E-state index contributed by atoms with van der Waals surface area (Å²) < 4.78 is 0. The third kappa shape index (κ3) is 17.3. The Morgan fingerprint density at radius 1 is 0.733 bits per heavy atom. The van der Waals surface area contributed by atoms with E-state index in [1.807, 2.05) is 0 Å². The zero-order valence-corrected chi connectivity index (χ0v) is 9.93. The molecular weight excluding hydrogens is 193 g/mol. The second-order valence-electron chi connectivity index (χ2n) is 4.13. The zero-order valence-electron chi connectivity index (χ0n) is 9.93. The molecule has 0 N–H and O–H groups in total. The number of unbranched alkanes of at least 4 members (excludes halogenated alkanes) is 9. The summed E-state index contributed by atoms with van der Waals surface area (Å²) in [6.07, 6.45) is 13.9. The van der Waals surface area contributed by atoms with Crippen molar-refractivity contribution in [1.82, 2.24) is 0 Å². The van der Waals surface area contributed by atoms with E-state index in [1.165, 1.54) is 64.2 Å². The van der Waals surface area contributed by atoms with Gasteiger partial charge in [-0.15, -0.1) is 0 Å². The number of hydrogen-bond acceptors (Lipinski definition) is 1. The van der Waals surface area contributed by atoms with Gasteiger partial charge in [0, 0.05) is 6.54 Å². The van der Waals surface area contributed by atoms with E-state index in [2.05, 4.69) is 18.6 Å². The standard InChI is InChI=1S/C13H27N.Na.H/c1-3-4-5-6-7-8-9-10-11-12-13-14-2;;/h2-13H2,1H3;;. The second kappa shape index (κ2) is 17.1. The summed E-state index contributed by atoms with van der Waals surface area (Å²) in [4.78, 5) is 3.85. The van der Waals surface area contributed by atoms with E-state index in [-0.39, 0.29) is 29.6 Å². The zero-order chi connectivity index (χ0) is 10.5. The van der Waals surface area contributed by atoms with Crippen molar-refractivity contribution in [3.63, 3.8) is 0 Å². The van der Waals surface area contributed by atoms with Crippen LogP contribution in [-0.2, 0) is 0 Å². The molecule has 0 rings (SSSR count). The van der Waals surface area contributed by atoms with Gasteiger partial charge in [0.1, 0.15) is 0 Å². The summed E-state index contributed by atoms with van der Waals surface area (Å²) in [5.41, 5.74) is 0. The fourth-order valence-corrected chi connectivity index (χ4v) is 1.71. The SMILES string of the molecule is C=NCCCCCCCCCCCC.[NaH]. The molecule has 15 heavy (non-hydrogen) atoms. The van der Waals surface area contributed by atoms with Gasteiger partial charge in [0.05, 0.1) is 0 Å². The van der Waals surface area contributed by atoms with E-state index in [9.17, 15) is 0 Å². The van der Waals surface area contributed by atoms with Crippen LogP contribution in [0.1, 0.15) is 71.1 Å². The van der Waals surface area contributed by atoms with Crippen LogP contribution in [0.5, 0.6) is 0 Å². The van der Waals surface area contributed by atoms with Gasteiger partial charge in [-0.3, -0.25) is 0 Å². The molecule has 0 aromatic rings. The van der Waals surface area contributed by atoms with Crippen LogP contribution in [0.3, 0.4) is 0 Å². The quantitative estimate of drug-likeness (QED) is 0.284. The molecule has 0 spiro atoms. The molecule has 0 aliphatic heterocycles. The molecule has 0 bridgehead atoms. The van der Waals surface area contributed by atoms with Crippen LogP contribution < -0.4 is 0 Å². The number of aliphatic imine (C=N–C) groups is 1.